The summed E-state index contributed by atoms with van der Waals surface area (Å²) in [5.74, 6) is 2.32. The maximum Gasteiger partial charge on any atom is 0.124 e. The van der Waals surface area contributed by atoms with Crippen LogP contribution in [0.1, 0.15) is 45.6 Å². The van der Waals surface area contributed by atoms with Crippen molar-refractivity contribution in [1.82, 2.24) is 4.90 Å². The SMILES string of the molecule is CCC(C)CN1CCN(c2ccc(C(C)C)c(OC)c2)CC1. The number of hydrogen-bond acceptors (Lipinski definition) is 3. The number of hydrogen-bond donors (Lipinski definition) is 0. The first-order valence-corrected chi connectivity index (χ1v) is 8.70. The molecule has 1 unspecified atom stereocenters. The number of nitrogens with zero attached hydrogens (tertiary/aromatic N) is 2. The maximum atomic E-state index is 5.59. The summed E-state index contributed by atoms with van der Waals surface area (Å²) in [4.78, 5) is 5.09. The van der Waals surface area contributed by atoms with Gasteiger partial charge in [0.25, 0.3) is 0 Å². The summed E-state index contributed by atoms with van der Waals surface area (Å²) in [6.07, 6.45) is 1.27. The van der Waals surface area contributed by atoms with Crippen molar-refractivity contribution in [3.8, 4) is 5.75 Å². The van der Waals surface area contributed by atoms with E-state index in [0.717, 1.165) is 24.8 Å². The highest BCUT2D eigenvalue weighted by molar-refractivity contribution is 5.54. The van der Waals surface area contributed by atoms with E-state index in [9.17, 15) is 0 Å². The summed E-state index contributed by atoms with van der Waals surface area (Å²) < 4.78 is 5.59. The smallest absolute Gasteiger partial charge is 0.124 e. The Morgan fingerprint density at radius 2 is 1.77 bits per heavy atom. The second-order valence-electron chi connectivity index (χ2n) is 6.88. The number of methoxy groups -OCH3 is 1. The zero-order chi connectivity index (χ0) is 16.1. The molecule has 0 spiro atoms. The molecule has 0 aliphatic carbocycles. The summed E-state index contributed by atoms with van der Waals surface area (Å²) in [5, 5.41) is 0. The average Bonchev–Trinajstić information content (AvgIpc) is 2.54. The van der Waals surface area contributed by atoms with Gasteiger partial charge in [-0.2, -0.15) is 0 Å². The lowest BCUT2D eigenvalue weighted by atomic mass is 10.0. The standard InChI is InChI=1S/C19H32N2O/c1-6-16(4)14-20-9-11-21(12-10-20)17-7-8-18(15(2)3)19(13-17)22-5/h7-8,13,15-16H,6,9-12,14H2,1-5H3. The van der Waals surface area contributed by atoms with Crippen molar-refractivity contribution in [3.63, 3.8) is 0 Å². The molecule has 124 valence electrons. The van der Waals surface area contributed by atoms with Gasteiger partial charge in [0.1, 0.15) is 5.75 Å². The van der Waals surface area contributed by atoms with Crippen molar-refractivity contribution in [2.75, 3.05) is 44.7 Å². The molecule has 2 rings (SSSR count). The van der Waals surface area contributed by atoms with Crippen LogP contribution in [0.2, 0.25) is 0 Å². The van der Waals surface area contributed by atoms with Crippen molar-refractivity contribution < 1.29 is 4.74 Å². The van der Waals surface area contributed by atoms with E-state index in [2.05, 4.69) is 55.7 Å². The van der Waals surface area contributed by atoms with Crippen LogP contribution in [0.5, 0.6) is 5.75 Å². The highest BCUT2D eigenvalue weighted by atomic mass is 16.5. The molecule has 0 N–H and O–H groups in total. The van der Waals surface area contributed by atoms with Gasteiger partial charge in [0, 0.05) is 44.5 Å². The lowest BCUT2D eigenvalue weighted by Crippen LogP contribution is -2.47. The first kappa shape index (κ1) is 17.1. The van der Waals surface area contributed by atoms with Gasteiger partial charge in [0.15, 0.2) is 0 Å². The van der Waals surface area contributed by atoms with E-state index in [1.807, 2.05) is 0 Å². The molecular weight excluding hydrogens is 272 g/mol. The average molecular weight is 304 g/mol. The summed E-state index contributed by atoms with van der Waals surface area (Å²) in [5.41, 5.74) is 2.59. The molecule has 1 aliphatic rings. The lowest BCUT2D eigenvalue weighted by molar-refractivity contribution is 0.222. The van der Waals surface area contributed by atoms with Crippen LogP contribution < -0.4 is 9.64 Å². The van der Waals surface area contributed by atoms with Crippen molar-refractivity contribution in [2.24, 2.45) is 5.92 Å². The predicted molar refractivity (Wildman–Crippen MR) is 95.2 cm³/mol. The molecule has 1 heterocycles. The largest absolute Gasteiger partial charge is 0.496 e. The minimum atomic E-state index is 0.497. The maximum absolute atomic E-state index is 5.59. The van der Waals surface area contributed by atoms with Crippen LogP contribution in [0.4, 0.5) is 5.69 Å². The molecule has 1 fully saturated rings. The summed E-state index contributed by atoms with van der Waals surface area (Å²) in [6.45, 7) is 14.8. The minimum absolute atomic E-state index is 0.497. The molecule has 0 bridgehead atoms. The second-order valence-corrected chi connectivity index (χ2v) is 6.88. The van der Waals surface area contributed by atoms with E-state index in [0.29, 0.717) is 5.92 Å². The number of anilines is 1. The van der Waals surface area contributed by atoms with E-state index in [1.54, 1.807) is 7.11 Å². The fourth-order valence-electron chi connectivity index (χ4n) is 3.13. The van der Waals surface area contributed by atoms with Gasteiger partial charge in [-0.15, -0.1) is 0 Å². The first-order valence-electron chi connectivity index (χ1n) is 8.70. The third-order valence-corrected chi connectivity index (χ3v) is 4.84. The highest BCUT2D eigenvalue weighted by Crippen LogP contribution is 2.31. The Morgan fingerprint density at radius 1 is 1.09 bits per heavy atom. The second kappa shape index (κ2) is 7.87. The molecule has 0 aromatic heterocycles. The normalized spacial score (nSPS) is 17.8. The molecule has 1 atom stereocenters. The van der Waals surface area contributed by atoms with Crippen LogP contribution >= 0.6 is 0 Å². The molecule has 1 saturated heterocycles. The molecule has 3 heteroatoms. The zero-order valence-corrected chi connectivity index (χ0v) is 14.9. The van der Waals surface area contributed by atoms with Crippen molar-refractivity contribution in [2.45, 2.75) is 40.0 Å². The van der Waals surface area contributed by atoms with Gasteiger partial charge in [-0.1, -0.05) is 40.2 Å². The quantitative estimate of drug-likeness (QED) is 0.790. The number of rotatable bonds is 6. The third-order valence-electron chi connectivity index (χ3n) is 4.84. The molecule has 1 aromatic rings. The third kappa shape index (κ3) is 4.16. The highest BCUT2D eigenvalue weighted by Gasteiger charge is 2.19. The van der Waals surface area contributed by atoms with Gasteiger partial charge in [0.2, 0.25) is 0 Å². The van der Waals surface area contributed by atoms with Crippen molar-refractivity contribution in [1.29, 1.82) is 0 Å². The van der Waals surface area contributed by atoms with E-state index < -0.39 is 0 Å². The number of benzene rings is 1. The van der Waals surface area contributed by atoms with E-state index >= 15 is 0 Å². The molecule has 0 radical (unpaired) electrons. The van der Waals surface area contributed by atoms with Gasteiger partial charge in [-0.3, -0.25) is 4.90 Å². The van der Waals surface area contributed by atoms with Crippen LogP contribution in [0.25, 0.3) is 0 Å². The van der Waals surface area contributed by atoms with Gasteiger partial charge in [0.05, 0.1) is 7.11 Å². The van der Waals surface area contributed by atoms with E-state index in [1.165, 1.54) is 37.3 Å². The monoisotopic (exact) mass is 304 g/mol. The Bertz CT molecular complexity index is 465. The van der Waals surface area contributed by atoms with Gasteiger partial charge >= 0.3 is 0 Å². The Morgan fingerprint density at radius 3 is 2.32 bits per heavy atom. The van der Waals surface area contributed by atoms with Crippen molar-refractivity contribution >= 4 is 5.69 Å². The van der Waals surface area contributed by atoms with E-state index in [4.69, 9.17) is 4.74 Å². The summed E-state index contributed by atoms with van der Waals surface area (Å²) in [7, 11) is 1.77. The fraction of sp³-hybridized carbons (Fsp3) is 0.684. The minimum Gasteiger partial charge on any atom is -0.496 e. The summed E-state index contributed by atoms with van der Waals surface area (Å²) in [6, 6.07) is 6.69. The Hall–Kier alpha value is -1.22. The zero-order valence-electron chi connectivity index (χ0n) is 14.9. The Kier molecular flexibility index (Phi) is 6.13. The van der Waals surface area contributed by atoms with Crippen LogP contribution in [0.15, 0.2) is 18.2 Å². The van der Waals surface area contributed by atoms with Crippen molar-refractivity contribution in [3.05, 3.63) is 23.8 Å². The van der Waals surface area contributed by atoms with Gasteiger partial charge in [-0.25, -0.2) is 0 Å². The molecule has 0 saturated carbocycles. The Balaban J connectivity index is 1.99. The van der Waals surface area contributed by atoms with Gasteiger partial charge in [-0.05, 0) is 23.5 Å². The van der Waals surface area contributed by atoms with Crippen LogP contribution in [0, 0.1) is 5.92 Å². The lowest BCUT2D eigenvalue weighted by Gasteiger charge is -2.37. The molecule has 22 heavy (non-hydrogen) atoms. The predicted octanol–water partition coefficient (Wildman–Crippen LogP) is 3.99. The molecule has 1 aromatic carbocycles. The van der Waals surface area contributed by atoms with Crippen LogP contribution in [-0.2, 0) is 0 Å². The number of ether oxygens (including phenoxy) is 1. The molecular formula is C19H32N2O. The van der Waals surface area contributed by atoms with Gasteiger partial charge < -0.3 is 9.64 Å². The molecule has 1 aliphatic heterocycles. The number of piperazine rings is 1. The first-order chi connectivity index (χ1) is 10.5. The topological polar surface area (TPSA) is 15.7 Å². The van der Waals surface area contributed by atoms with Crippen LogP contribution in [-0.4, -0.2) is 44.7 Å². The Labute approximate surface area is 136 Å². The summed E-state index contributed by atoms with van der Waals surface area (Å²) >= 11 is 0. The molecule has 3 nitrogen and oxygen atoms in total. The fourth-order valence-corrected chi connectivity index (χ4v) is 3.13. The van der Waals surface area contributed by atoms with Crippen LogP contribution in [0.3, 0.4) is 0 Å². The molecule has 0 amide bonds. The van der Waals surface area contributed by atoms with E-state index in [-0.39, 0.29) is 0 Å².